The average Bonchev–Trinajstić information content (AvgIpc) is 3.13. The monoisotopic (exact) mass is 439 g/mol. The lowest BCUT2D eigenvalue weighted by atomic mass is 10.0. The molecule has 0 aliphatic carbocycles. The summed E-state index contributed by atoms with van der Waals surface area (Å²) in [6.07, 6.45) is 5.36. The Morgan fingerprint density at radius 1 is 1.16 bits per heavy atom. The lowest BCUT2D eigenvalue weighted by molar-refractivity contribution is -0.143. The second-order valence-corrected chi connectivity index (χ2v) is 8.31. The van der Waals surface area contributed by atoms with E-state index in [0.717, 1.165) is 46.9 Å². The van der Waals surface area contributed by atoms with Crippen LogP contribution in [0.25, 0.3) is 0 Å². The van der Waals surface area contributed by atoms with E-state index in [2.05, 4.69) is 16.5 Å². The van der Waals surface area contributed by atoms with Crippen molar-refractivity contribution in [1.82, 2.24) is 14.5 Å². The Labute approximate surface area is 189 Å². The molecule has 0 fully saturated rings. The van der Waals surface area contributed by atoms with E-state index in [4.69, 9.17) is 11.6 Å². The molecule has 3 aromatic rings. The summed E-state index contributed by atoms with van der Waals surface area (Å²) in [6.45, 7) is 3.28. The first-order valence-corrected chi connectivity index (χ1v) is 11.1. The van der Waals surface area contributed by atoms with E-state index in [1.165, 1.54) is 0 Å². The van der Waals surface area contributed by atoms with Crippen LogP contribution in [0.4, 0.5) is 0 Å². The van der Waals surface area contributed by atoms with Gasteiger partial charge < -0.3 is 9.67 Å². The standard InChI is InChI=1S/C25H30ClN3O2/c1-3-4-14-24-27-16-21(29(24)17-20-12-8-9-13-22(20)26)18-28(2)23(25(30)31)15-19-10-6-5-7-11-19/h5-13,16,23H,3-4,14-15,17-18H2,1-2H3,(H,30,31)/t23-/m0/s1. The summed E-state index contributed by atoms with van der Waals surface area (Å²) in [5.41, 5.74) is 3.03. The molecule has 0 unspecified atom stereocenters. The van der Waals surface area contributed by atoms with Gasteiger partial charge in [-0.2, -0.15) is 0 Å². The van der Waals surface area contributed by atoms with E-state index < -0.39 is 12.0 Å². The Bertz CT molecular complexity index is 987. The Kier molecular flexibility index (Phi) is 8.27. The van der Waals surface area contributed by atoms with Gasteiger partial charge in [0.25, 0.3) is 0 Å². The summed E-state index contributed by atoms with van der Waals surface area (Å²) in [7, 11) is 1.86. The molecule has 0 radical (unpaired) electrons. The SMILES string of the molecule is CCCCc1ncc(CN(C)[C@@H](Cc2ccccc2)C(=O)O)n1Cc1ccccc1Cl. The van der Waals surface area contributed by atoms with Gasteiger partial charge in [0.1, 0.15) is 11.9 Å². The first kappa shape index (κ1) is 23.0. The molecule has 0 spiro atoms. The van der Waals surface area contributed by atoms with Crippen LogP contribution in [0.1, 0.15) is 42.4 Å². The van der Waals surface area contributed by atoms with Crippen LogP contribution in [0.2, 0.25) is 5.02 Å². The minimum Gasteiger partial charge on any atom is -0.480 e. The number of aromatic nitrogens is 2. The topological polar surface area (TPSA) is 58.4 Å². The molecule has 6 heteroatoms. The summed E-state index contributed by atoms with van der Waals surface area (Å²) < 4.78 is 2.19. The van der Waals surface area contributed by atoms with Gasteiger partial charge in [0.15, 0.2) is 0 Å². The number of likely N-dealkylation sites (N-methyl/N-ethyl adjacent to an activating group) is 1. The molecule has 1 aromatic heterocycles. The molecule has 1 heterocycles. The van der Waals surface area contributed by atoms with E-state index in [-0.39, 0.29) is 0 Å². The first-order valence-electron chi connectivity index (χ1n) is 10.7. The number of aliphatic carboxylic acids is 1. The number of nitrogens with zero attached hydrogens (tertiary/aromatic N) is 3. The highest BCUT2D eigenvalue weighted by Crippen LogP contribution is 2.21. The number of carbonyl (C=O) groups is 1. The fourth-order valence-electron chi connectivity index (χ4n) is 3.74. The highest BCUT2D eigenvalue weighted by molar-refractivity contribution is 6.31. The third kappa shape index (κ3) is 6.18. The van der Waals surface area contributed by atoms with E-state index in [9.17, 15) is 9.90 Å². The number of hydrogen-bond donors (Lipinski definition) is 1. The number of imidazole rings is 1. The fraction of sp³-hybridized carbons (Fsp3) is 0.360. The van der Waals surface area contributed by atoms with Crippen LogP contribution in [0.3, 0.4) is 0 Å². The van der Waals surface area contributed by atoms with Gasteiger partial charge in [-0.25, -0.2) is 4.98 Å². The number of aryl methyl sites for hydroxylation is 1. The Hall–Kier alpha value is -2.63. The fourth-order valence-corrected chi connectivity index (χ4v) is 3.93. The maximum atomic E-state index is 12.0. The number of unbranched alkanes of at least 4 members (excludes halogenated alkanes) is 1. The number of hydrogen-bond acceptors (Lipinski definition) is 3. The van der Waals surface area contributed by atoms with Gasteiger partial charge >= 0.3 is 5.97 Å². The van der Waals surface area contributed by atoms with E-state index in [1.54, 1.807) is 0 Å². The van der Waals surface area contributed by atoms with Crippen molar-refractivity contribution in [2.45, 2.75) is 51.7 Å². The zero-order valence-electron chi connectivity index (χ0n) is 18.2. The zero-order valence-corrected chi connectivity index (χ0v) is 18.9. The third-order valence-corrected chi connectivity index (χ3v) is 5.93. The minimum atomic E-state index is -0.824. The number of carboxylic acids is 1. The summed E-state index contributed by atoms with van der Waals surface area (Å²) >= 11 is 6.42. The van der Waals surface area contributed by atoms with Crippen LogP contribution in [0.5, 0.6) is 0 Å². The van der Waals surface area contributed by atoms with Gasteiger partial charge in [-0.3, -0.25) is 9.69 Å². The number of rotatable bonds is 11. The average molecular weight is 440 g/mol. The smallest absolute Gasteiger partial charge is 0.321 e. The molecule has 0 aliphatic rings. The Balaban J connectivity index is 1.84. The third-order valence-electron chi connectivity index (χ3n) is 5.56. The molecular weight excluding hydrogens is 410 g/mol. The molecule has 5 nitrogen and oxygen atoms in total. The van der Waals surface area contributed by atoms with E-state index in [1.807, 2.05) is 72.7 Å². The molecule has 3 rings (SSSR count). The molecular formula is C25H30ClN3O2. The molecule has 1 N–H and O–H groups in total. The van der Waals surface area contributed by atoms with Crippen LogP contribution in [0.15, 0.2) is 60.8 Å². The van der Waals surface area contributed by atoms with Crippen molar-refractivity contribution in [3.63, 3.8) is 0 Å². The van der Waals surface area contributed by atoms with Gasteiger partial charge in [0.2, 0.25) is 0 Å². The summed E-state index contributed by atoms with van der Waals surface area (Å²) in [6, 6.07) is 16.9. The van der Waals surface area contributed by atoms with E-state index in [0.29, 0.717) is 19.5 Å². The summed E-state index contributed by atoms with van der Waals surface area (Å²) in [5.74, 6) is 0.190. The van der Waals surface area contributed by atoms with Crippen LogP contribution in [0, 0.1) is 0 Å². The van der Waals surface area contributed by atoms with Gasteiger partial charge in [-0.05, 0) is 37.1 Å². The quantitative estimate of drug-likeness (QED) is 0.454. The van der Waals surface area contributed by atoms with Crippen molar-refractivity contribution in [3.05, 3.63) is 88.5 Å². The lowest BCUT2D eigenvalue weighted by Gasteiger charge is -2.25. The van der Waals surface area contributed by atoms with Crippen molar-refractivity contribution in [2.24, 2.45) is 0 Å². The number of halogens is 1. The molecule has 0 saturated carbocycles. The van der Waals surface area contributed by atoms with Crippen molar-refractivity contribution >= 4 is 17.6 Å². The molecule has 0 saturated heterocycles. The zero-order chi connectivity index (χ0) is 22.2. The van der Waals surface area contributed by atoms with Crippen molar-refractivity contribution in [3.8, 4) is 0 Å². The van der Waals surface area contributed by atoms with Crippen LogP contribution in [-0.4, -0.2) is 38.6 Å². The lowest BCUT2D eigenvalue weighted by Crippen LogP contribution is -2.40. The van der Waals surface area contributed by atoms with Crippen LogP contribution >= 0.6 is 11.6 Å². The number of carboxylic acid groups (broad SMARTS) is 1. The second-order valence-electron chi connectivity index (χ2n) is 7.91. The van der Waals surface area contributed by atoms with Crippen LogP contribution < -0.4 is 0 Å². The predicted octanol–water partition coefficient (Wildman–Crippen LogP) is 5.06. The Morgan fingerprint density at radius 2 is 1.87 bits per heavy atom. The molecule has 2 aromatic carbocycles. The van der Waals surface area contributed by atoms with Gasteiger partial charge in [-0.1, -0.05) is 73.5 Å². The second kappa shape index (κ2) is 11.1. The van der Waals surface area contributed by atoms with Crippen molar-refractivity contribution < 1.29 is 9.90 Å². The van der Waals surface area contributed by atoms with Crippen LogP contribution in [-0.2, 0) is 30.7 Å². The molecule has 0 amide bonds. The normalized spacial score (nSPS) is 12.3. The van der Waals surface area contributed by atoms with Crippen molar-refractivity contribution in [1.29, 1.82) is 0 Å². The predicted molar refractivity (Wildman–Crippen MR) is 124 cm³/mol. The Morgan fingerprint density at radius 3 is 2.55 bits per heavy atom. The van der Waals surface area contributed by atoms with Crippen molar-refractivity contribution in [2.75, 3.05) is 7.05 Å². The summed E-state index contributed by atoms with van der Waals surface area (Å²) in [5, 5.41) is 10.6. The maximum Gasteiger partial charge on any atom is 0.321 e. The largest absolute Gasteiger partial charge is 0.480 e. The number of benzene rings is 2. The molecule has 0 bridgehead atoms. The van der Waals surface area contributed by atoms with Gasteiger partial charge in [-0.15, -0.1) is 0 Å². The van der Waals surface area contributed by atoms with E-state index >= 15 is 0 Å². The van der Waals surface area contributed by atoms with Gasteiger partial charge in [0.05, 0.1) is 12.2 Å². The first-order chi connectivity index (χ1) is 15.0. The molecule has 31 heavy (non-hydrogen) atoms. The molecule has 164 valence electrons. The highest BCUT2D eigenvalue weighted by Gasteiger charge is 2.24. The molecule has 1 atom stereocenters. The molecule has 0 aliphatic heterocycles. The van der Waals surface area contributed by atoms with Gasteiger partial charge in [0, 0.05) is 24.2 Å². The highest BCUT2D eigenvalue weighted by atomic mass is 35.5. The maximum absolute atomic E-state index is 12.0. The summed E-state index contributed by atoms with van der Waals surface area (Å²) in [4.78, 5) is 18.6. The minimum absolute atomic E-state index is 0.452.